The van der Waals surface area contributed by atoms with Crippen LogP contribution in [0, 0.1) is 29.2 Å². The first kappa shape index (κ1) is 21.6. The molecular weight excluding hydrogens is 405 g/mol. The van der Waals surface area contributed by atoms with Crippen molar-refractivity contribution in [3.05, 3.63) is 58.7 Å². The lowest BCUT2D eigenvalue weighted by molar-refractivity contribution is -0.207. The fourth-order valence-corrected chi connectivity index (χ4v) is 3.27. The molecule has 2 aromatic rings. The van der Waals surface area contributed by atoms with Gasteiger partial charge in [0.05, 0.1) is 13.2 Å². The number of alkyl halides is 3. The van der Waals surface area contributed by atoms with Crippen LogP contribution in [0.5, 0.6) is 0 Å². The molecule has 0 unspecified atom stereocenters. The lowest BCUT2D eigenvalue weighted by atomic mass is 9.99. The van der Waals surface area contributed by atoms with E-state index in [0.29, 0.717) is 25.3 Å². The molecule has 2 nitrogen and oxygen atoms in total. The first-order valence-corrected chi connectivity index (χ1v) is 8.91. The quantitative estimate of drug-likeness (QED) is 0.532. The van der Waals surface area contributed by atoms with Crippen molar-refractivity contribution in [2.24, 2.45) is 5.92 Å². The molecule has 9 heteroatoms. The van der Waals surface area contributed by atoms with Gasteiger partial charge in [0.15, 0.2) is 17.9 Å². The van der Waals surface area contributed by atoms with Crippen molar-refractivity contribution in [1.29, 1.82) is 0 Å². The van der Waals surface area contributed by atoms with E-state index in [-0.39, 0.29) is 11.5 Å². The Bertz CT molecular complexity index is 864. The van der Waals surface area contributed by atoms with Crippen LogP contribution in [0.15, 0.2) is 24.3 Å². The predicted molar refractivity (Wildman–Crippen MR) is 89.8 cm³/mol. The normalized spacial score (nSPS) is 20.1. The molecule has 1 aliphatic rings. The van der Waals surface area contributed by atoms with Gasteiger partial charge >= 0.3 is 6.18 Å². The standard InChI is InChI=1S/C20H17F7O2/c1-2-3-10-8-28-19(29-9-10)13-5-4-12(17(23)18(13)24)11-6-14(21)16(15(22)7-11)20(25,26)27/h4-7,10,19H,2-3,8-9H2,1H3. The second kappa shape index (κ2) is 8.31. The fraction of sp³-hybridized carbons (Fsp3) is 0.400. The topological polar surface area (TPSA) is 18.5 Å². The molecule has 0 saturated carbocycles. The Balaban J connectivity index is 1.91. The molecule has 0 amide bonds. The van der Waals surface area contributed by atoms with Crippen LogP contribution in [0.3, 0.4) is 0 Å². The maximum atomic E-state index is 14.5. The molecular formula is C20H17F7O2. The van der Waals surface area contributed by atoms with Gasteiger partial charge in [0.25, 0.3) is 0 Å². The Morgan fingerprint density at radius 2 is 1.52 bits per heavy atom. The first-order valence-electron chi connectivity index (χ1n) is 8.91. The third-order valence-corrected chi connectivity index (χ3v) is 4.67. The van der Waals surface area contributed by atoms with E-state index in [1.54, 1.807) is 0 Å². The predicted octanol–water partition coefficient (Wildman–Crippen LogP) is 6.39. The summed E-state index contributed by atoms with van der Waals surface area (Å²) in [6.45, 7) is 2.60. The Morgan fingerprint density at radius 3 is 2.03 bits per heavy atom. The van der Waals surface area contributed by atoms with E-state index >= 15 is 0 Å². The Kier molecular flexibility index (Phi) is 6.19. The lowest BCUT2D eigenvalue weighted by Gasteiger charge is -2.29. The number of benzene rings is 2. The number of hydrogen-bond donors (Lipinski definition) is 0. The van der Waals surface area contributed by atoms with E-state index in [4.69, 9.17) is 9.47 Å². The minimum atomic E-state index is -5.26. The van der Waals surface area contributed by atoms with Crippen molar-refractivity contribution in [1.82, 2.24) is 0 Å². The average molecular weight is 422 g/mol. The van der Waals surface area contributed by atoms with Crippen molar-refractivity contribution >= 4 is 0 Å². The van der Waals surface area contributed by atoms with E-state index < -0.39 is 52.4 Å². The molecule has 0 aromatic heterocycles. The molecule has 0 atom stereocenters. The summed E-state index contributed by atoms with van der Waals surface area (Å²) in [6, 6.07) is 2.75. The third-order valence-electron chi connectivity index (χ3n) is 4.67. The Morgan fingerprint density at radius 1 is 0.931 bits per heavy atom. The van der Waals surface area contributed by atoms with E-state index in [2.05, 4.69) is 0 Å². The van der Waals surface area contributed by atoms with E-state index in [1.165, 1.54) is 0 Å². The lowest BCUT2D eigenvalue weighted by Crippen LogP contribution is -2.27. The molecule has 0 N–H and O–H groups in total. The molecule has 1 aliphatic heterocycles. The zero-order chi connectivity index (χ0) is 21.3. The van der Waals surface area contributed by atoms with Gasteiger partial charge in [0.2, 0.25) is 0 Å². The van der Waals surface area contributed by atoms with Gasteiger partial charge < -0.3 is 9.47 Å². The minimum absolute atomic E-state index is 0.140. The van der Waals surface area contributed by atoms with Crippen molar-refractivity contribution in [3.8, 4) is 11.1 Å². The summed E-state index contributed by atoms with van der Waals surface area (Å²) in [5, 5.41) is 0. The molecule has 29 heavy (non-hydrogen) atoms. The van der Waals surface area contributed by atoms with Gasteiger partial charge in [-0.1, -0.05) is 25.5 Å². The SMILES string of the molecule is CCCC1COC(c2ccc(-c3cc(F)c(C(F)(F)F)c(F)c3)c(F)c2F)OC1. The molecule has 3 rings (SSSR count). The molecule has 0 bridgehead atoms. The van der Waals surface area contributed by atoms with E-state index in [9.17, 15) is 30.7 Å². The molecule has 1 heterocycles. The highest BCUT2D eigenvalue weighted by Crippen LogP contribution is 2.38. The van der Waals surface area contributed by atoms with Crippen LogP contribution >= 0.6 is 0 Å². The highest BCUT2D eigenvalue weighted by Gasteiger charge is 2.38. The van der Waals surface area contributed by atoms with Gasteiger partial charge in [-0.25, -0.2) is 17.6 Å². The van der Waals surface area contributed by atoms with Crippen molar-refractivity contribution in [3.63, 3.8) is 0 Å². The molecule has 1 fully saturated rings. The Hall–Kier alpha value is -2.13. The largest absolute Gasteiger partial charge is 0.422 e. The van der Waals surface area contributed by atoms with Gasteiger partial charge in [-0.05, 0) is 24.1 Å². The van der Waals surface area contributed by atoms with Gasteiger partial charge in [0.1, 0.15) is 17.2 Å². The third kappa shape index (κ3) is 4.40. The van der Waals surface area contributed by atoms with Gasteiger partial charge in [-0.15, -0.1) is 0 Å². The van der Waals surface area contributed by atoms with Gasteiger partial charge in [0, 0.05) is 17.0 Å². The zero-order valence-electron chi connectivity index (χ0n) is 15.3. The summed E-state index contributed by atoms with van der Waals surface area (Å²) in [5.74, 6) is -6.53. The van der Waals surface area contributed by atoms with Crippen molar-refractivity contribution in [2.45, 2.75) is 32.2 Å². The maximum absolute atomic E-state index is 14.5. The monoisotopic (exact) mass is 422 g/mol. The molecule has 1 saturated heterocycles. The second-order valence-electron chi connectivity index (χ2n) is 6.80. The molecule has 0 spiro atoms. The summed E-state index contributed by atoms with van der Waals surface area (Å²) in [4.78, 5) is 0. The molecule has 158 valence electrons. The van der Waals surface area contributed by atoms with Gasteiger partial charge in [-0.2, -0.15) is 13.2 Å². The highest BCUT2D eigenvalue weighted by atomic mass is 19.4. The van der Waals surface area contributed by atoms with Crippen LogP contribution in [0.4, 0.5) is 30.7 Å². The molecule has 2 aromatic carbocycles. The summed E-state index contributed by atoms with van der Waals surface area (Å²) >= 11 is 0. The van der Waals surface area contributed by atoms with E-state index in [1.807, 2.05) is 6.92 Å². The van der Waals surface area contributed by atoms with Crippen LogP contribution in [0.1, 0.15) is 37.2 Å². The maximum Gasteiger partial charge on any atom is 0.422 e. The minimum Gasteiger partial charge on any atom is -0.348 e. The zero-order valence-corrected chi connectivity index (χ0v) is 15.3. The highest BCUT2D eigenvalue weighted by molar-refractivity contribution is 5.65. The van der Waals surface area contributed by atoms with E-state index in [0.717, 1.165) is 25.0 Å². The summed E-state index contributed by atoms with van der Waals surface area (Å²) in [6.07, 6.45) is -4.63. The van der Waals surface area contributed by atoms with Crippen LogP contribution in [-0.4, -0.2) is 13.2 Å². The van der Waals surface area contributed by atoms with Crippen molar-refractivity contribution < 1.29 is 40.2 Å². The average Bonchev–Trinajstić information content (AvgIpc) is 2.63. The smallest absolute Gasteiger partial charge is 0.348 e. The van der Waals surface area contributed by atoms with Crippen LogP contribution in [0.2, 0.25) is 0 Å². The van der Waals surface area contributed by atoms with Crippen LogP contribution in [0.25, 0.3) is 11.1 Å². The molecule has 0 aliphatic carbocycles. The summed E-state index contributed by atoms with van der Waals surface area (Å²) in [7, 11) is 0. The number of ether oxygens (including phenoxy) is 2. The van der Waals surface area contributed by atoms with Crippen LogP contribution < -0.4 is 0 Å². The van der Waals surface area contributed by atoms with Crippen molar-refractivity contribution in [2.75, 3.05) is 13.2 Å². The summed E-state index contributed by atoms with van der Waals surface area (Å²) < 4.78 is 106. The number of halogens is 7. The summed E-state index contributed by atoms with van der Waals surface area (Å²) in [5.41, 5.74) is -3.49. The Labute approximate surface area is 162 Å². The fourth-order valence-electron chi connectivity index (χ4n) is 3.27. The van der Waals surface area contributed by atoms with Gasteiger partial charge in [-0.3, -0.25) is 0 Å². The first-order chi connectivity index (χ1) is 13.6. The number of hydrogen-bond acceptors (Lipinski definition) is 2. The second-order valence-corrected chi connectivity index (χ2v) is 6.80. The van der Waals surface area contributed by atoms with Crippen LogP contribution in [-0.2, 0) is 15.7 Å². The molecule has 0 radical (unpaired) electrons. The number of rotatable bonds is 4.